The van der Waals surface area contributed by atoms with Crippen molar-refractivity contribution >= 4 is 12.0 Å². The Bertz CT molecular complexity index is 729. The number of unbranched alkanes of at least 4 members (excludes halogenated alkanes) is 1. The summed E-state index contributed by atoms with van der Waals surface area (Å²) in [7, 11) is 0. The maximum absolute atomic E-state index is 11.7. The van der Waals surface area contributed by atoms with Gasteiger partial charge in [-0.3, -0.25) is 4.79 Å². The second kappa shape index (κ2) is 11.8. The fourth-order valence-electron chi connectivity index (χ4n) is 2.82. The number of hydrogen-bond acceptors (Lipinski definition) is 3. The Kier molecular flexibility index (Phi) is 9.05. The smallest absolute Gasteiger partial charge is 0.407 e. The van der Waals surface area contributed by atoms with Crippen LogP contribution in [-0.4, -0.2) is 18.5 Å². The molecule has 5 nitrogen and oxygen atoms in total. The summed E-state index contributed by atoms with van der Waals surface area (Å²) in [6.07, 6.45) is 4.13. The first kappa shape index (κ1) is 21.5. The number of rotatable bonds is 11. The summed E-state index contributed by atoms with van der Waals surface area (Å²) in [6, 6.07) is 18.1. The van der Waals surface area contributed by atoms with Crippen LogP contribution in [0.4, 0.5) is 4.79 Å². The molecule has 5 heteroatoms. The molecule has 0 spiro atoms. The van der Waals surface area contributed by atoms with E-state index in [1.807, 2.05) is 37.3 Å². The number of aryl methyl sites for hydroxylation is 2. The van der Waals surface area contributed by atoms with Gasteiger partial charge in [-0.05, 0) is 48.8 Å². The average molecular weight is 383 g/mol. The summed E-state index contributed by atoms with van der Waals surface area (Å²) >= 11 is 0. The second-order valence-corrected chi connectivity index (χ2v) is 7.10. The van der Waals surface area contributed by atoms with Crippen LogP contribution in [0.3, 0.4) is 0 Å². The molecule has 0 unspecified atom stereocenters. The number of alkyl carbamates (subject to hydrolysis) is 1. The van der Waals surface area contributed by atoms with E-state index in [2.05, 4.69) is 29.6 Å². The van der Waals surface area contributed by atoms with E-state index in [0.717, 1.165) is 37.7 Å². The number of amides is 2. The number of nitrogens with two attached hydrogens (primary N) is 1. The molecule has 0 fully saturated rings. The Morgan fingerprint density at radius 1 is 0.929 bits per heavy atom. The minimum atomic E-state index is -0.376. The molecule has 150 valence electrons. The van der Waals surface area contributed by atoms with Crippen LogP contribution in [0.5, 0.6) is 0 Å². The summed E-state index contributed by atoms with van der Waals surface area (Å²) in [4.78, 5) is 22.8. The van der Waals surface area contributed by atoms with Crippen molar-refractivity contribution in [3.63, 3.8) is 0 Å². The highest BCUT2D eigenvalue weighted by Crippen LogP contribution is 2.12. The Labute approximate surface area is 167 Å². The highest BCUT2D eigenvalue weighted by Gasteiger charge is 2.08. The van der Waals surface area contributed by atoms with Crippen molar-refractivity contribution in [2.75, 3.05) is 6.54 Å². The summed E-state index contributed by atoms with van der Waals surface area (Å²) < 4.78 is 5.18. The van der Waals surface area contributed by atoms with Crippen molar-refractivity contribution in [1.29, 1.82) is 0 Å². The molecule has 2 aromatic rings. The first-order valence-corrected chi connectivity index (χ1v) is 9.86. The monoisotopic (exact) mass is 382 g/mol. The quantitative estimate of drug-likeness (QED) is 0.577. The fourth-order valence-corrected chi connectivity index (χ4v) is 2.82. The van der Waals surface area contributed by atoms with Crippen LogP contribution in [0.2, 0.25) is 0 Å². The zero-order valence-corrected chi connectivity index (χ0v) is 16.5. The summed E-state index contributed by atoms with van der Waals surface area (Å²) in [5.74, 6) is -0.333. The van der Waals surface area contributed by atoms with Gasteiger partial charge >= 0.3 is 6.09 Å². The summed E-state index contributed by atoms with van der Waals surface area (Å²) in [6.45, 7) is 2.76. The Morgan fingerprint density at radius 2 is 1.57 bits per heavy atom. The van der Waals surface area contributed by atoms with Gasteiger partial charge in [-0.2, -0.15) is 0 Å². The van der Waals surface area contributed by atoms with E-state index in [1.165, 1.54) is 11.1 Å². The fraction of sp³-hybridized carbons (Fsp3) is 0.391. The molecule has 0 radical (unpaired) electrons. The highest BCUT2D eigenvalue weighted by molar-refractivity contribution is 5.76. The number of carbonyl (C=O) groups is 2. The van der Waals surface area contributed by atoms with Gasteiger partial charge in [-0.25, -0.2) is 4.79 Å². The van der Waals surface area contributed by atoms with Crippen molar-refractivity contribution in [1.82, 2.24) is 5.32 Å². The van der Waals surface area contributed by atoms with Crippen LogP contribution in [0.1, 0.15) is 42.9 Å². The molecule has 28 heavy (non-hydrogen) atoms. The first-order chi connectivity index (χ1) is 13.5. The number of ether oxygens (including phenoxy) is 1. The summed E-state index contributed by atoms with van der Waals surface area (Å²) in [5, 5.41) is 2.79. The van der Waals surface area contributed by atoms with Crippen LogP contribution >= 0.6 is 0 Å². The lowest BCUT2D eigenvalue weighted by molar-refractivity contribution is -0.121. The zero-order valence-electron chi connectivity index (χ0n) is 16.5. The molecule has 0 saturated heterocycles. The lowest BCUT2D eigenvalue weighted by Gasteiger charge is -2.08. The second-order valence-electron chi connectivity index (χ2n) is 7.10. The Morgan fingerprint density at radius 3 is 2.21 bits per heavy atom. The molecular weight excluding hydrogens is 352 g/mol. The molecule has 2 amide bonds. The van der Waals surface area contributed by atoms with E-state index in [9.17, 15) is 9.59 Å². The minimum absolute atomic E-state index is 0.0911. The van der Waals surface area contributed by atoms with E-state index < -0.39 is 0 Å². The van der Waals surface area contributed by atoms with Gasteiger partial charge in [0, 0.05) is 12.5 Å². The van der Waals surface area contributed by atoms with Crippen molar-refractivity contribution < 1.29 is 14.3 Å². The topological polar surface area (TPSA) is 81.4 Å². The largest absolute Gasteiger partial charge is 0.445 e. The molecule has 0 aliphatic heterocycles. The van der Waals surface area contributed by atoms with Crippen LogP contribution < -0.4 is 11.1 Å². The van der Waals surface area contributed by atoms with Crippen molar-refractivity contribution in [2.45, 2.75) is 45.6 Å². The predicted octanol–water partition coefficient (Wildman–Crippen LogP) is 3.99. The zero-order chi connectivity index (χ0) is 20.2. The van der Waals surface area contributed by atoms with Gasteiger partial charge in [0.05, 0.1) is 0 Å². The van der Waals surface area contributed by atoms with Gasteiger partial charge in [0.1, 0.15) is 6.61 Å². The van der Waals surface area contributed by atoms with Crippen LogP contribution in [0.25, 0.3) is 0 Å². The van der Waals surface area contributed by atoms with Crippen LogP contribution in [0.15, 0.2) is 54.6 Å². The van der Waals surface area contributed by atoms with E-state index in [0.29, 0.717) is 6.54 Å². The number of hydrogen-bond donors (Lipinski definition) is 2. The van der Waals surface area contributed by atoms with E-state index in [4.69, 9.17) is 10.5 Å². The average Bonchev–Trinajstić information content (AvgIpc) is 2.71. The molecule has 0 saturated carbocycles. The van der Waals surface area contributed by atoms with Crippen LogP contribution in [0, 0.1) is 5.92 Å². The highest BCUT2D eigenvalue weighted by atomic mass is 16.5. The third-order valence-corrected chi connectivity index (χ3v) is 4.75. The van der Waals surface area contributed by atoms with Crippen molar-refractivity contribution in [3.05, 3.63) is 71.3 Å². The number of benzene rings is 2. The normalized spacial score (nSPS) is 11.6. The number of nitrogens with one attached hydrogen (secondary N) is 1. The van der Waals surface area contributed by atoms with Gasteiger partial charge in [-0.15, -0.1) is 0 Å². The van der Waals surface area contributed by atoms with Crippen LogP contribution in [-0.2, 0) is 29.0 Å². The van der Waals surface area contributed by atoms with E-state index in [1.54, 1.807) is 0 Å². The standard InChI is InChI=1S/C23H30N2O3/c1-18(22(24)26)10-11-20-14-12-19(13-15-20)7-5-6-16-25-23(27)28-17-21-8-3-2-4-9-21/h2-4,8-9,12-15,18H,5-7,10-11,16-17H2,1H3,(H2,24,26)(H,25,27)/t18-/m0/s1. The van der Waals surface area contributed by atoms with Gasteiger partial charge in [-0.1, -0.05) is 61.5 Å². The number of primary amides is 1. The van der Waals surface area contributed by atoms with Crippen molar-refractivity contribution in [3.8, 4) is 0 Å². The third-order valence-electron chi connectivity index (χ3n) is 4.75. The molecule has 0 aliphatic rings. The SMILES string of the molecule is C[C@@H](CCc1ccc(CCCCNC(=O)OCc2ccccc2)cc1)C(N)=O. The van der Waals surface area contributed by atoms with Crippen molar-refractivity contribution in [2.24, 2.45) is 11.7 Å². The maximum Gasteiger partial charge on any atom is 0.407 e. The van der Waals surface area contributed by atoms with Gasteiger partial charge in [0.2, 0.25) is 5.91 Å². The molecule has 0 aromatic heterocycles. The molecule has 1 atom stereocenters. The molecule has 2 aromatic carbocycles. The molecule has 0 aliphatic carbocycles. The molecule has 2 rings (SSSR count). The molecule has 0 heterocycles. The molecular formula is C23H30N2O3. The van der Waals surface area contributed by atoms with Gasteiger partial charge in [0.15, 0.2) is 0 Å². The molecule has 3 N–H and O–H groups in total. The van der Waals surface area contributed by atoms with E-state index in [-0.39, 0.29) is 24.5 Å². The predicted molar refractivity (Wildman–Crippen MR) is 111 cm³/mol. The lowest BCUT2D eigenvalue weighted by atomic mass is 9.99. The molecule has 0 bridgehead atoms. The first-order valence-electron chi connectivity index (χ1n) is 9.86. The van der Waals surface area contributed by atoms with Gasteiger partial charge in [0.25, 0.3) is 0 Å². The van der Waals surface area contributed by atoms with E-state index >= 15 is 0 Å². The van der Waals surface area contributed by atoms with Gasteiger partial charge < -0.3 is 15.8 Å². The third kappa shape index (κ3) is 8.25. The Hall–Kier alpha value is -2.82. The Balaban J connectivity index is 1.56. The summed E-state index contributed by atoms with van der Waals surface area (Å²) in [5.41, 5.74) is 8.77. The minimum Gasteiger partial charge on any atom is -0.445 e. The lowest BCUT2D eigenvalue weighted by Crippen LogP contribution is -2.25. The maximum atomic E-state index is 11.7. The number of carbonyl (C=O) groups excluding carboxylic acids is 2.